The Morgan fingerprint density at radius 1 is 0.864 bits per heavy atom. The maximum Gasteiger partial charge on any atom is 0.256 e. The number of hydrogen-bond donors (Lipinski definition) is 1. The number of nitrogens with one attached hydrogen (secondary N) is 1. The van der Waals surface area contributed by atoms with E-state index in [1.165, 1.54) is 18.2 Å². The van der Waals surface area contributed by atoms with Crippen LogP contribution in [-0.4, -0.2) is 66.3 Å². The molecule has 224 valence electrons. The van der Waals surface area contributed by atoms with E-state index in [1.807, 2.05) is 25.1 Å². The van der Waals surface area contributed by atoms with Crippen LogP contribution in [0.25, 0.3) is 16.7 Å². The van der Waals surface area contributed by atoms with Gasteiger partial charge in [-0.15, -0.1) is 0 Å². The number of anilines is 2. The van der Waals surface area contributed by atoms with Crippen LogP contribution in [0, 0.1) is 6.92 Å². The second-order valence-electron chi connectivity index (χ2n) is 10.7. The lowest BCUT2D eigenvalue weighted by Crippen LogP contribution is -2.47. The van der Waals surface area contributed by atoms with Crippen LogP contribution in [0.4, 0.5) is 11.8 Å². The number of pyridine rings is 2. The van der Waals surface area contributed by atoms with Gasteiger partial charge in [0.15, 0.2) is 15.5 Å². The lowest BCUT2D eigenvalue weighted by Gasteiger charge is -2.35. The molecule has 4 heterocycles. The second-order valence-corrected chi connectivity index (χ2v) is 12.7. The molecule has 0 spiro atoms. The molecule has 1 aliphatic heterocycles. The van der Waals surface area contributed by atoms with Crippen LogP contribution >= 0.6 is 0 Å². The lowest BCUT2D eigenvalue weighted by atomic mass is 10.1. The van der Waals surface area contributed by atoms with Crippen molar-refractivity contribution in [2.75, 3.05) is 42.2 Å². The van der Waals surface area contributed by atoms with Gasteiger partial charge >= 0.3 is 0 Å². The maximum absolute atomic E-state index is 13.2. The fourth-order valence-electron chi connectivity index (χ4n) is 5.22. The smallest absolute Gasteiger partial charge is 0.256 e. The molecule has 0 atom stereocenters. The number of fused-ring (bicyclic) bond motifs is 1. The topological polar surface area (TPSA) is 130 Å². The zero-order valence-electron chi connectivity index (χ0n) is 24.3. The standard InChI is InChI=1S/C32H31N7O4S/c1-22-27-14-15-29(40)39(30(27)36-32(35-22)38-19-17-37(18-20-38)28-5-3-4-16-33-28)25-10-8-24(9-11-25)31(41)34-21-23-6-12-26(13-7-23)44(2,42)43/h3-16H,17-21H2,1-2H3,(H,34,41). The summed E-state index contributed by atoms with van der Waals surface area (Å²) < 4.78 is 24.9. The van der Waals surface area contributed by atoms with Crippen LogP contribution in [0.1, 0.15) is 21.6 Å². The molecule has 6 rings (SSSR count). The number of carbonyl (C=O) groups is 1. The van der Waals surface area contributed by atoms with Crippen molar-refractivity contribution in [2.45, 2.75) is 18.4 Å². The van der Waals surface area contributed by atoms with Gasteiger partial charge in [-0.25, -0.2) is 18.4 Å². The Morgan fingerprint density at radius 3 is 2.23 bits per heavy atom. The highest BCUT2D eigenvalue weighted by Crippen LogP contribution is 2.23. The summed E-state index contributed by atoms with van der Waals surface area (Å²) in [7, 11) is -3.29. The van der Waals surface area contributed by atoms with Crippen LogP contribution in [0.15, 0.2) is 94.7 Å². The zero-order chi connectivity index (χ0) is 30.8. The summed E-state index contributed by atoms with van der Waals surface area (Å²) in [6.45, 7) is 5.12. The van der Waals surface area contributed by atoms with E-state index in [1.54, 1.807) is 53.2 Å². The summed E-state index contributed by atoms with van der Waals surface area (Å²) >= 11 is 0. The van der Waals surface area contributed by atoms with Crippen molar-refractivity contribution >= 4 is 38.5 Å². The van der Waals surface area contributed by atoms with Gasteiger partial charge < -0.3 is 15.1 Å². The molecule has 11 nitrogen and oxygen atoms in total. The van der Waals surface area contributed by atoms with Crippen LogP contribution in [0.2, 0.25) is 0 Å². The fraction of sp³-hybridized carbons (Fsp3) is 0.219. The first kappa shape index (κ1) is 29.0. The Morgan fingerprint density at radius 2 is 1.57 bits per heavy atom. The molecule has 1 saturated heterocycles. The molecular formula is C32H31N7O4S. The molecular weight excluding hydrogens is 578 g/mol. The molecule has 0 unspecified atom stereocenters. The molecule has 5 aromatic rings. The average molecular weight is 610 g/mol. The summed E-state index contributed by atoms with van der Waals surface area (Å²) in [5.74, 6) is 1.21. The normalized spacial score (nSPS) is 13.7. The molecule has 1 fully saturated rings. The quantitative estimate of drug-likeness (QED) is 0.296. The molecule has 2 aromatic carbocycles. The number of amides is 1. The Labute approximate surface area is 254 Å². The van der Waals surface area contributed by atoms with Crippen molar-refractivity contribution in [2.24, 2.45) is 0 Å². The van der Waals surface area contributed by atoms with Crippen molar-refractivity contribution in [3.05, 3.63) is 112 Å². The number of hydrogen-bond acceptors (Lipinski definition) is 9. The van der Waals surface area contributed by atoms with Crippen molar-refractivity contribution in [1.82, 2.24) is 24.8 Å². The Hall–Kier alpha value is -5.10. The van der Waals surface area contributed by atoms with E-state index in [2.05, 4.69) is 20.1 Å². The lowest BCUT2D eigenvalue weighted by molar-refractivity contribution is 0.0951. The van der Waals surface area contributed by atoms with Crippen molar-refractivity contribution in [3.8, 4) is 5.69 Å². The highest BCUT2D eigenvalue weighted by atomic mass is 32.2. The predicted molar refractivity (Wildman–Crippen MR) is 169 cm³/mol. The molecule has 44 heavy (non-hydrogen) atoms. The number of carbonyl (C=O) groups excluding carboxylic acids is 1. The van der Waals surface area contributed by atoms with E-state index in [4.69, 9.17) is 9.97 Å². The highest BCUT2D eigenvalue weighted by molar-refractivity contribution is 7.90. The van der Waals surface area contributed by atoms with E-state index < -0.39 is 9.84 Å². The number of piperazine rings is 1. The number of nitrogens with zero attached hydrogens (tertiary/aromatic N) is 6. The van der Waals surface area contributed by atoms with Gasteiger partial charge in [0.05, 0.1) is 16.3 Å². The van der Waals surface area contributed by atoms with Gasteiger partial charge in [-0.05, 0) is 67.1 Å². The zero-order valence-corrected chi connectivity index (χ0v) is 25.2. The largest absolute Gasteiger partial charge is 0.353 e. The minimum atomic E-state index is -3.29. The Bertz CT molecular complexity index is 1990. The first-order chi connectivity index (χ1) is 21.2. The fourth-order valence-corrected chi connectivity index (χ4v) is 5.85. The predicted octanol–water partition coefficient (Wildman–Crippen LogP) is 3.14. The second kappa shape index (κ2) is 11.9. The van der Waals surface area contributed by atoms with Crippen LogP contribution in [0.3, 0.4) is 0 Å². The molecule has 0 radical (unpaired) electrons. The number of aromatic nitrogens is 4. The van der Waals surface area contributed by atoms with Gasteiger partial charge in [-0.2, -0.15) is 4.98 Å². The van der Waals surface area contributed by atoms with Crippen molar-refractivity contribution in [1.29, 1.82) is 0 Å². The van der Waals surface area contributed by atoms with E-state index in [9.17, 15) is 18.0 Å². The molecule has 3 aromatic heterocycles. The van der Waals surface area contributed by atoms with E-state index in [0.29, 0.717) is 35.9 Å². The van der Waals surface area contributed by atoms with E-state index in [-0.39, 0.29) is 22.9 Å². The van der Waals surface area contributed by atoms with E-state index >= 15 is 0 Å². The minimum absolute atomic E-state index is 0.225. The molecule has 1 aliphatic rings. The van der Waals surface area contributed by atoms with Gasteiger partial charge in [0.1, 0.15) is 5.82 Å². The monoisotopic (exact) mass is 609 g/mol. The molecule has 1 N–H and O–H groups in total. The summed E-state index contributed by atoms with van der Waals surface area (Å²) in [6, 6.07) is 22.3. The van der Waals surface area contributed by atoms with Gasteiger partial charge in [0, 0.05) is 62.2 Å². The summed E-state index contributed by atoms with van der Waals surface area (Å²) in [4.78, 5) is 44.7. The third-order valence-electron chi connectivity index (χ3n) is 7.66. The first-order valence-corrected chi connectivity index (χ1v) is 16.1. The summed E-state index contributed by atoms with van der Waals surface area (Å²) in [5.41, 5.74) is 2.81. The SMILES string of the molecule is Cc1nc(N2CCN(c3ccccn3)CC2)nc2c1ccc(=O)n2-c1ccc(C(=O)NCc2ccc(S(C)(=O)=O)cc2)cc1. The maximum atomic E-state index is 13.2. The molecule has 0 saturated carbocycles. The number of aryl methyl sites for hydroxylation is 1. The average Bonchev–Trinajstić information content (AvgIpc) is 3.04. The van der Waals surface area contributed by atoms with Gasteiger partial charge in [0.25, 0.3) is 11.5 Å². The summed E-state index contributed by atoms with van der Waals surface area (Å²) in [5, 5.41) is 3.62. The molecule has 0 bridgehead atoms. The van der Waals surface area contributed by atoms with Crippen molar-refractivity contribution in [3.63, 3.8) is 0 Å². The Kier molecular flexibility index (Phi) is 7.83. The highest BCUT2D eigenvalue weighted by Gasteiger charge is 2.22. The van der Waals surface area contributed by atoms with Gasteiger partial charge in [-0.3, -0.25) is 14.2 Å². The first-order valence-electron chi connectivity index (χ1n) is 14.2. The molecule has 0 aliphatic carbocycles. The third-order valence-corrected chi connectivity index (χ3v) is 8.79. The minimum Gasteiger partial charge on any atom is -0.353 e. The van der Waals surface area contributed by atoms with Gasteiger partial charge in [0.2, 0.25) is 5.95 Å². The number of rotatable bonds is 7. The van der Waals surface area contributed by atoms with Crippen LogP contribution < -0.4 is 20.7 Å². The summed E-state index contributed by atoms with van der Waals surface area (Å²) in [6.07, 6.45) is 2.94. The molecule has 1 amide bonds. The van der Waals surface area contributed by atoms with E-state index in [0.717, 1.165) is 41.8 Å². The van der Waals surface area contributed by atoms with Gasteiger partial charge in [-0.1, -0.05) is 18.2 Å². The van der Waals surface area contributed by atoms with Crippen LogP contribution in [0.5, 0.6) is 0 Å². The Balaban J connectivity index is 1.21. The molecule has 12 heteroatoms. The number of benzene rings is 2. The third kappa shape index (κ3) is 6.02. The van der Waals surface area contributed by atoms with Crippen molar-refractivity contribution < 1.29 is 13.2 Å². The number of sulfone groups is 1. The van der Waals surface area contributed by atoms with Crippen LogP contribution in [-0.2, 0) is 16.4 Å².